The molecule has 9 aromatic rings. The largest absolute Gasteiger partial charge is 0.383 e. The van der Waals surface area contributed by atoms with Crippen LogP contribution in [0.3, 0.4) is 0 Å². The summed E-state index contributed by atoms with van der Waals surface area (Å²) in [6.07, 6.45) is 18.3. The summed E-state index contributed by atoms with van der Waals surface area (Å²) in [5, 5.41) is 10.7. The van der Waals surface area contributed by atoms with E-state index in [4.69, 9.17) is 82.9 Å². The number of halogens is 4. The minimum absolute atomic E-state index is 0.0141. The number of methoxy groups -OCH3 is 1. The van der Waals surface area contributed by atoms with Gasteiger partial charge >= 0.3 is 6.03 Å². The summed E-state index contributed by atoms with van der Waals surface area (Å²) in [4.78, 5) is 109. The molecule has 0 radical (unpaired) electrons. The molecule has 0 spiro atoms. The molecule has 688 valence electrons. The molecular formula is C100H117BrCl3N19O8. The Morgan fingerprint density at radius 1 is 0.534 bits per heavy atom. The molecule has 2 aliphatic carbocycles. The Morgan fingerprint density at radius 3 is 1.73 bits per heavy atom. The first-order valence-electron chi connectivity index (χ1n) is 44.3. The van der Waals surface area contributed by atoms with Crippen LogP contribution in [-0.4, -0.2) is 160 Å². The van der Waals surface area contributed by atoms with E-state index in [0.717, 1.165) is 118 Å². The number of benzene rings is 8. The fourth-order valence-corrected chi connectivity index (χ4v) is 19.4. The molecule has 6 amide bonds. The quantitative estimate of drug-likeness (QED) is 0.0395. The fourth-order valence-electron chi connectivity index (χ4n) is 18.3. The fraction of sp³-hybridized carbons (Fsp3) is 0.370. The van der Waals surface area contributed by atoms with E-state index < -0.39 is 28.1 Å². The molecule has 17 rings (SSSR count). The highest BCUT2D eigenvalue weighted by Crippen LogP contribution is 2.44. The van der Waals surface area contributed by atoms with Gasteiger partial charge in [0.2, 0.25) is 29.3 Å². The number of guanidine groups is 5. The second-order valence-corrected chi connectivity index (χ2v) is 37.4. The SMILES string of the molecule is CN1C(=O)[C@@](CCC2CCCCC2)(C[C@H]2CCC[C@@H](NC(=O)Nc3cccc(Cl)c3)C2)N=C1N.CN1OC(C)(c2cccc(-c3cc(Cl)cc(Cl)c3)c2)N=C1N.CN1OC(C)(c2cccc(-c3ccccc3)c2)N=C1N.COC[C@H]1CCCN1C(=O)c1cccc(CN2C(=O)C(C)(c3cccc(Br)c3)N=C2N)c1.C[C@H]1C(=O)N(C)C(N)=N[C@]1(C)c1cccc(-c2cccnc2)c1. The van der Waals surface area contributed by atoms with Crippen LogP contribution in [0.4, 0.5) is 10.5 Å². The third-order valence-corrected chi connectivity index (χ3v) is 26.9. The lowest BCUT2D eigenvalue weighted by Gasteiger charge is -2.39. The molecule has 12 N–H and O–H groups in total. The molecular weight excluding hydrogens is 1780 g/mol. The van der Waals surface area contributed by atoms with Crippen molar-refractivity contribution in [2.45, 2.75) is 171 Å². The summed E-state index contributed by atoms with van der Waals surface area (Å²) >= 11 is 21.6. The van der Waals surface area contributed by atoms with Gasteiger partial charge in [0.1, 0.15) is 5.54 Å². The summed E-state index contributed by atoms with van der Waals surface area (Å²) in [6, 6.07) is 65.7. The minimum atomic E-state index is -1.08. The van der Waals surface area contributed by atoms with Gasteiger partial charge in [-0.25, -0.2) is 49.6 Å². The summed E-state index contributed by atoms with van der Waals surface area (Å²) in [7, 11) is 8.52. The molecule has 31 heteroatoms. The van der Waals surface area contributed by atoms with Gasteiger partial charge in [-0.1, -0.05) is 224 Å². The second-order valence-electron chi connectivity index (χ2n) is 35.2. The van der Waals surface area contributed by atoms with Gasteiger partial charge in [0, 0.05) is 102 Å². The Hall–Kier alpha value is -11.8. The average Bonchev–Trinajstić information content (AvgIpc) is 1.64. The Balaban J connectivity index is 0.000000141. The van der Waals surface area contributed by atoms with Crippen molar-refractivity contribution >= 4 is 116 Å². The maximum atomic E-state index is 13.3. The van der Waals surface area contributed by atoms with Crippen LogP contribution in [0.15, 0.2) is 248 Å². The highest BCUT2D eigenvalue weighted by atomic mass is 79.9. The molecule has 6 aliphatic heterocycles. The van der Waals surface area contributed by atoms with E-state index in [1.807, 2.05) is 197 Å². The Bertz CT molecular complexity index is 5770. The van der Waals surface area contributed by atoms with Crippen molar-refractivity contribution in [3.63, 3.8) is 0 Å². The van der Waals surface area contributed by atoms with E-state index >= 15 is 0 Å². The zero-order chi connectivity index (χ0) is 93.7. The van der Waals surface area contributed by atoms with Gasteiger partial charge in [0.15, 0.2) is 23.4 Å². The Morgan fingerprint density at radius 2 is 1.12 bits per heavy atom. The van der Waals surface area contributed by atoms with Gasteiger partial charge < -0.3 is 48.9 Å². The molecule has 8 aromatic carbocycles. The number of pyridine rings is 1. The van der Waals surface area contributed by atoms with Gasteiger partial charge in [0.25, 0.3) is 17.7 Å². The van der Waals surface area contributed by atoms with E-state index in [1.54, 1.807) is 66.6 Å². The van der Waals surface area contributed by atoms with Crippen LogP contribution in [0.1, 0.15) is 163 Å². The standard InChI is InChI=1S/C26H38ClN5O2.C24H27BrN4O3.C18H20N4O.C16H15Cl2N3O.C16H17N3O/c1-32-23(33)26(31-24(32)28,14-13-18-7-3-2-4-8-18)17-19-9-5-11-21(15-19)29-25(34)30-22-12-6-10-20(27)16-22;1-24(18-8-4-9-19(25)13-18)22(31)29(23(26)27-24)14-16-6-3-7-17(12-16)21(30)28-11-5-10-20(28)15-32-2;1-12-16(23)22(3)17(19)21-18(12,2)15-8-4-6-13(10-15)14-7-5-9-20-11-14;1-16(20-15(19)21(2)22-16)12-5-3-4-10(6-12)11-7-13(17)9-14(18)8-11;1-16(18-15(17)19(2)20-16)14-10-6-9-13(11-14)12-7-4-3-5-8-12/h6,10,12,16,18-19,21H,2-5,7-9,11,13-15,17H2,1H3,(H2,28,31)(H2,29,30,34);3-4,6-9,12-13,20H,5,10-11,14-15H2,1-2H3,(H2,26,27);4-12H,1-3H3,(H2,19,21);3-9H,1-2H3,(H2,19,20);3-11H,1-2H3,(H2,17,18)/t19-,21+,26+;20-,24?;12-,18-;;/m010../s1. The molecule has 0 bridgehead atoms. The number of aliphatic imine (C=N–C) groups is 5. The topological polar surface area (TPSA) is 361 Å². The molecule has 3 fully saturated rings. The Kier molecular flexibility index (Phi) is 31.2. The van der Waals surface area contributed by atoms with Crippen molar-refractivity contribution in [1.82, 2.24) is 40.0 Å². The number of nitrogens with zero attached hydrogens (tertiary/aromatic N) is 12. The first-order valence-corrected chi connectivity index (χ1v) is 46.2. The number of anilines is 1. The predicted molar refractivity (Wildman–Crippen MR) is 523 cm³/mol. The summed E-state index contributed by atoms with van der Waals surface area (Å²) in [5.74, 6) is 2.03. The van der Waals surface area contributed by atoms with Crippen molar-refractivity contribution in [1.29, 1.82) is 0 Å². The average molecular weight is 1900 g/mol. The number of likely N-dealkylation sites (N-methyl/N-ethyl adjacent to an activating group) is 1. The molecule has 2 saturated carbocycles. The maximum absolute atomic E-state index is 13.3. The number of likely N-dealkylation sites (tertiary alicyclic amines) is 1. The molecule has 8 aliphatic rings. The third kappa shape index (κ3) is 23.1. The van der Waals surface area contributed by atoms with Crippen LogP contribution in [0.25, 0.3) is 33.4 Å². The van der Waals surface area contributed by atoms with Crippen LogP contribution in [0, 0.1) is 17.8 Å². The zero-order valence-corrected chi connectivity index (χ0v) is 79.6. The highest BCUT2D eigenvalue weighted by Gasteiger charge is 2.50. The van der Waals surface area contributed by atoms with Crippen LogP contribution in [0.5, 0.6) is 0 Å². The molecule has 7 heterocycles. The van der Waals surface area contributed by atoms with Crippen molar-refractivity contribution in [2.75, 3.05) is 53.8 Å². The molecule has 1 saturated heterocycles. The van der Waals surface area contributed by atoms with E-state index in [0.29, 0.717) is 69.1 Å². The molecule has 27 nitrogen and oxygen atoms in total. The summed E-state index contributed by atoms with van der Waals surface area (Å²) in [6.45, 7) is 10.9. The predicted octanol–water partition coefficient (Wildman–Crippen LogP) is 17.7. The highest BCUT2D eigenvalue weighted by molar-refractivity contribution is 9.10. The van der Waals surface area contributed by atoms with Gasteiger partial charge in [-0.2, -0.15) is 0 Å². The van der Waals surface area contributed by atoms with Crippen LogP contribution >= 0.6 is 50.7 Å². The number of rotatable bonds is 19. The monoisotopic (exact) mass is 1900 g/mol. The number of carbonyl (C=O) groups is 5. The normalized spacial score (nSPS) is 24.1. The van der Waals surface area contributed by atoms with E-state index in [9.17, 15) is 24.0 Å². The summed E-state index contributed by atoms with van der Waals surface area (Å²) < 4.78 is 6.14. The van der Waals surface area contributed by atoms with Crippen LogP contribution < -0.4 is 39.3 Å². The number of urea groups is 1. The maximum Gasteiger partial charge on any atom is 0.319 e. The molecule has 3 unspecified atom stereocenters. The van der Waals surface area contributed by atoms with Gasteiger partial charge in [-0.15, -0.1) is 0 Å². The lowest BCUT2D eigenvalue weighted by atomic mass is 9.74. The summed E-state index contributed by atoms with van der Waals surface area (Å²) in [5.41, 5.74) is 37.7. The van der Waals surface area contributed by atoms with Gasteiger partial charge in [-0.3, -0.25) is 38.9 Å². The molecule has 131 heavy (non-hydrogen) atoms. The van der Waals surface area contributed by atoms with Gasteiger partial charge in [0.05, 0.1) is 30.7 Å². The second kappa shape index (κ2) is 42.2. The molecule has 9 atom stereocenters. The van der Waals surface area contributed by atoms with Crippen molar-refractivity contribution in [3.05, 3.63) is 272 Å². The van der Waals surface area contributed by atoms with Gasteiger partial charge in [-0.05, 0) is 219 Å². The first kappa shape index (κ1) is 96.8. The lowest BCUT2D eigenvalue weighted by molar-refractivity contribution is -0.163. The molecule has 1 aromatic heterocycles. The number of hydrogen-bond acceptors (Lipinski definition) is 21. The number of aromatic nitrogens is 1. The van der Waals surface area contributed by atoms with E-state index in [1.165, 1.54) is 62.5 Å². The lowest BCUT2D eigenvalue weighted by Crippen LogP contribution is -2.52. The zero-order valence-electron chi connectivity index (χ0n) is 75.7. The number of nitrogens with one attached hydrogen (secondary N) is 2. The first-order chi connectivity index (χ1) is 62.6. The number of ether oxygens (including phenoxy) is 1. The minimum Gasteiger partial charge on any atom is -0.383 e. The number of hydrogen-bond donors (Lipinski definition) is 7. The third-order valence-electron chi connectivity index (χ3n) is 25.8. The number of amides is 6. The van der Waals surface area contributed by atoms with Crippen molar-refractivity contribution in [3.8, 4) is 33.4 Å². The van der Waals surface area contributed by atoms with E-state index in [-0.39, 0.29) is 66.1 Å². The number of carbonyl (C=O) groups excluding carboxylic acids is 5. The number of nitrogens with two attached hydrogens (primary N) is 5. The smallest absolute Gasteiger partial charge is 0.319 e. The van der Waals surface area contributed by atoms with Crippen molar-refractivity contribution < 1.29 is 38.4 Å². The van der Waals surface area contributed by atoms with E-state index in [2.05, 4.69) is 81.8 Å². The van der Waals surface area contributed by atoms with Crippen molar-refractivity contribution in [2.24, 2.45) is 71.4 Å². The number of hydroxylamine groups is 4. The van der Waals surface area contributed by atoms with Crippen LogP contribution in [-0.2, 0) is 57.9 Å². The Labute approximate surface area is 790 Å². The van der Waals surface area contributed by atoms with Crippen LogP contribution in [0.2, 0.25) is 15.1 Å².